The molecule has 21 heavy (non-hydrogen) atoms. The molecule has 0 spiro atoms. The highest BCUT2D eigenvalue weighted by Gasteiger charge is 2.30. The van der Waals surface area contributed by atoms with Crippen molar-refractivity contribution in [3.05, 3.63) is 59.7 Å². The molecule has 0 bridgehead atoms. The zero-order valence-electron chi connectivity index (χ0n) is 12.0. The van der Waals surface area contributed by atoms with Gasteiger partial charge in [-0.3, -0.25) is 4.79 Å². The summed E-state index contributed by atoms with van der Waals surface area (Å²) in [7, 11) is 1.75. The first-order valence-electron chi connectivity index (χ1n) is 6.98. The van der Waals surface area contributed by atoms with Crippen LogP contribution in [0.15, 0.2) is 48.5 Å². The molecule has 2 aromatic carbocycles. The number of carbonyl (C=O) groups is 1. The summed E-state index contributed by atoms with van der Waals surface area (Å²) < 4.78 is 5.91. The third kappa shape index (κ3) is 2.62. The van der Waals surface area contributed by atoms with Crippen LogP contribution in [0.5, 0.6) is 5.75 Å². The molecule has 4 heteroatoms. The van der Waals surface area contributed by atoms with Crippen LogP contribution in [0, 0.1) is 0 Å². The smallest absolute Gasteiger partial charge is 0.244 e. The van der Waals surface area contributed by atoms with Crippen molar-refractivity contribution in [1.29, 1.82) is 0 Å². The number of benzene rings is 2. The van der Waals surface area contributed by atoms with Crippen molar-refractivity contribution in [3.63, 3.8) is 0 Å². The lowest BCUT2D eigenvalue weighted by atomic mass is 9.97. The van der Waals surface area contributed by atoms with Gasteiger partial charge < -0.3 is 15.4 Å². The number of fused-ring (bicyclic) bond motifs is 1. The number of ether oxygens (including phenoxy) is 1. The second-order valence-electron chi connectivity index (χ2n) is 5.25. The largest absolute Gasteiger partial charge is 0.487 e. The number of para-hydroxylation sites is 1. The molecule has 108 valence electrons. The van der Waals surface area contributed by atoms with Crippen LogP contribution in [0.3, 0.4) is 0 Å². The van der Waals surface area contributed by atoms with Gasteiger partial charge in [-0.05, 0) is 23.6 Å². The van der Waals surface area contributed by atoms with E-state index >= 15 is 0 Å². The zero-order chi connectivity index (χ0) is 14.8. The minimum atomic E-state index is -0.466. The highest BCUT2D eigenvalue weighted by Crippen LogP contribution is 2.36. The minimum Gasteiger partial charge on any atom is -0.487 e. The molecule has 1 amide bonds. The van der Waals surface area contributed by atoms with E-state index in [4.69, 9.17) is 10.5 Å². The molecule has 1 atom stereocenters. The SMILES string of the molecule is CN1C(=O)[C@H](N)Cc2cccc(OCc3ccccc3)c21. The number of nitrogens with two attached hydrogens (primary N) is 1. The molecule has 1 aliphatic rings. The summed E-state index contributed by atoms with van der Waals surface area (Å²) in [6.07, 6.45) is 0.557. The fraction of sp³-hybridized carbons (Fsp3) is 0.235. The van der Waals surface area contributed by atoms with E-state index in [2.05, 4.69) is 0 Å². The Morgan fingerprint density at radius 3 is 2.71 bits per heavy atom. The van der Waals surface area contributed by atoms with Crippen LogP contribution < -0.4 is 15.4 Å². The highest BCUT2D eigenvalue weighted by atomic mass is 16.5. The summed E-state index contributed by atoms with van der Waals surface area (Å²) in [4.78, 5) is 13.7. The Labute approximate surface area is 124 Å². The molecule has 3 rings (SSSR count). The van der Waals surface area contributed by atoms with Gasteiger partial charge in [-0.1, -0.05) is 42.5 Å². The van der Waals surface area contributed by atoms with Gasteiger partial charge in [0.2, 0.25) is 5.91 Å². The molecule has 0 unspecified atom stereocenters. The summed E-state index contributed by atoms with van der Waals surface area (Å²) in [5.74, 6) is 0.650. The van der Waals surface area contributed by atoms with Crippen LogP contribution in [0.1, 0.15) is 11.1 Å². The van der Waals surface area contributed by atoms with Crippen LogP contribution in [0.4, 0.5) is 5.69 Å². The van der Waals surface area contributed by atoms with Gasteiger partial charge in [-0.15, -0.1) is 0 Å². The summed E-state index contributed by atoms with van der Waals surface area (Å²) in [6, 6.07) is 15.3. The van der Waals surface area contributed by atoms with Crippen molar-refractivity contribution in [3.8, 4) is 5.75 Å². The van der Waals surface area contributed by atoms with E-state index in [-0.39, 0.29) is 5.91 Å². The molecule has 4 nitrogen and oxygen atoms in total. The number of nitrogens with zero attached hydrogens (tertiary/aromatic N) is 1. The maximum absolute atomic E-state index is 12.1. The Balaban J connectivity index is 1.87. The van der Waals surface area contributed by atoms with Crippen LogP contribution in [0.25, 0.3) is 0 Å². The lowest BCUT2D eigenvalue weighted by molar-refractivity contribution is -0.119. The van der Waals surface area contributed by atoms with Crippen LogP contribution >= 0.6 is 0 Å². The van der Waals surface area contributed by atoms with Gasteiger partial charge >= 0.3 is 0 Å². The Bertz CT molecular complexity index is 655. The number of rotatable bonds is 3. The van der Waals surface area contributed by atoms with Crippen molar-refractivity contribution in [1.82, 2.24) is 0 Å². The van der Waals surface area contributed by atoms with E-state index in [0.29, 0.717) is 13.0 Å². The number of hydrogen-bond donors (Lipinski definition) is 1. The third-order valence-electron chi connectivity index (χ3n) is 3.74. The van der Waals surface area contributed by atoms with Gasteiger partial charge in [0.1, 0.15) is 12.4 Å². The monoisotopic (exact) mass is 282 g/mol. The van der Waals surface area contributed by atoms with Crippen LogP contribution in [-0.4, -0.2) is 19.0 Å². The number of anilines is 1. The molecular weight excluding hydrogens is 264 g/mol. The number of amides is 1. The molecule has 1 aliphatic heterocycles. The lowest BCUT2D eigenvalue weighted by Gasteiger charge is -2.31. The van der Waals surface area contributed by atoms with Gasteiger partial charge in [0.05, 0.1) is 11.7 Å². The van der Waals surface area contributed by atoms with E-state index in [0.717, 1.165) is 22.6 Å². The summed E-state index contributed by atoms with van der Waals surface area (Å²) >= 11 is 0. The quantitative estimate of drug-likeness (QED) is 0.938. The van der Waals surface area contributed by atoms with E-state index in [9.17, 15) is 4.79 Å². The van der Waals surface area contributed by atoms with Gasteiger partial charge in [0.25, 0.3) is 0 Å². The molecule has 0 fully saturated rings. The molecule has 0 aromatic heterocycles. The first kappa shape index (κ1) is 13.6. The summed E-state index contributed by atoms with van der Waals surface area (Å²) in [5, 5.41) is 0. The highest BCUT2D eigenvalue weighted by molar-refractivity contribution is 6.01. The normalized spacial score (nSPS) is 17.5. The van der Waals surface area contributed by atoms with E-state index in [1.807, 2.05) is 48.5 Å². The topological polar surface area (TPSA) is 55.6 Å². The zero-order valence-corrected chi connectivity index (χ0v) is 12.0. The maximum atomic E-state index is 12.1. The fourth-order valence-corrected chi connectivity index (χ4v) is 2.65. The molecule has 0 aliphatic carbocycles. The van der Waals surface area contributed by atoms with Crippen LogP contribution in [0.2, 0.25) is 0 Å². The van der Waals surface area contributed by atoms with Gasteiger partial charge in [0, 0.05) is 7.05 Å². The summed E-state index contributed by atoms with van der Waals surface area (Å²) in [5.41, 5.74) is 8.85. The molecule has 1 heterocycles. The average molecular weight is 282 g/mol. The number of carbonyl (C=O) groups excluding carboxylic acids is 1. The van der Waals surface area contributed by atoms with Crippen molar-refractivity contribution < 1.29 is 9.53 Å². The van der Waals surface area contributed by atoms with Crippen LogP contribution in [-0.2, 0) is 17.8 Å². The van der Waals surface area contributed by atoms with Gasteiger partial charge in [0.15, 0.2) is 0 Å². The van der Waals surface area contributed by atoms with Crippen molar-refractivity contribution in [2.24, 2.45) is 5.73 Å². The predicted molar refractivity (Wildman–Crippen MR) is 82.3 cm³/mol. The number of hydrogen-bond acceptors (Lipinski definition) is 3. The maximum Gasteiger partial charge on any atom is 0.244 e. The van der Waals surface area contributed by atoms with E-state index < -0.39 is 6.04 Å². The molecule has 2 aromatic rings. The Morgan fingerprint density at radius 2 is 1.95 bits per heavy atom. The third-order valence-corrected chi connectivity index (χ3v) is 3.74. The Kier molecular flexibility index (Phi) is 3.62. The average Bonchev–Trinajstić information content (AvgIpc) is 2.51. The fourth-order valence-electron chi connectivity index (χ4n) is 2.65. The van der Waals surface area contributed by atoms with Gasteiger partial charge in [-0.2, -0.15) is 0 Å². The Morgan fingerprint density at radius 1 is 1.19 bits per heavy atom. The molecule has 0 saturated heterocycles. The second kappa shape index (κ2) is 5.58. The van der Waals surface area contributed by atoms with E-state index in [1.54, 1.807) is 11.9 Å². The lowest BCUT2D eigenvalue weighted by Crippen LogP contribution is -2.47. The first-order valence-corrected chi connectivity index (χ1v) is 6.98. The Hall–Kier alpha value is -2.33. The molecular formula is C17H18N2O2. The molecule has 2 N–H and O–H groups in total. The minimum absolute atomic E-state index is 0.0711. The van der Waals surface area contributed by atoms with E-state index in [1.165, 1.54) is 0 Å². The number of likely N-dealkylation sites (N-methyl/N-ethyl adjacent to an activating group) is 1. The molecule has 0 radical (unpaired) electrons. The second-order valence-corrected chi connectivity index (χ2v) is 5.25. The van der Waals surface area contributed by atoms with Gasteiger partial charge in [-0.25, -0.2) is 0 Å². The standard InChI is InChI=1S/C17H18N2O2/c1-19-16-13(10-14(18)17(19)20)8-5-9-15(16)21-11-12-6-3-2-4-7-12/h2-9,14H,10-11,18H2,1H3/t14-/m1/s1. The molecule has 0 saturated carbocycles. The first-order chi connectivity index (χ1) is 10.2. The predicted octanol–water partition coefficient (Wildman–Crippen LogP) is 2.11. The summed E-state index contributed by atoms with van der Waals surface area (Å²) in [6.45, 7) is 0.478. The van der Waals surface area contributed by atoms with Crippen molar-refractivity contribution in [2.45, 2.75) is 19.1 Å². The van der Waals surface area contributed by atoms with Crippen molar-refractivity contribution in [2.75, 3.05) is 11.9 Å². The van der Waals surface area contributed by atoms with Crippen molar-refractivity contribution >= 4 is 11.6 Å².